The summed E-state index contributed by atoms with van der Waals surface area (Å²) in [6, 6.07) is 12.0. The van der Waals surface area contributed by atoms with Crippen molar-refractivity contribution in [3.63, 3.8) is 0 Å². The molecule has 0 aliphatic carbocycles. The second-order valence-corrected chi connectivity index (χ2v) is 8.53. The van der Waals surface area contributed by atoms with E-state index in [1.54, 1.807) is 18.2 Å². The molecule has 0 fully saturated rings. The van der Waals surface area contributed by atoms with Crippen molar-refractivity contribution in [1.29, 1.82) is 0 Å². The van der Waals surface area contributed by atoms with Crippen LogP contribution in [0.25, 0.3) is 0 Å². The van der Waals surface area contributed by atoms with E-state index in [0.717, 1.165) is 12.1 Å². The number of phenolic OH excluding ortho intramolecular Hbond substituents is 2. The Kier molecular flexibility index (Phi) is 3.92. The van der Waals surface area contributed by atoms with Crippen LogP contribution < -0.4 is 4.74 Å². The van der Waals surface area contributed by atoms with Crippen LogP contribution >= 0.6 is 0 Å². The van der Waals surface area contributed by atoms with Crippen LogP contribution in [0.4, 0.5) is 4.79 Å². The van der Waals surface area contributed by atoms with Gasteiger partial charge in [-0.2, -0.15) is 8.42 Å². The molecule has 162 valence electrons. The van der Waals surface area contributed by atoms with Gasteiger partial charge in [0.2, 0.25) is 0 Å². The number of aromatic hydroxyl groups is 2. The molecule has 3 aromatic rings. The van der Waals surface area contributed by atoms with Crippen LogP contribution in [0.3, 0.4) is 0 Å². The van der Waals surface area contributed by atoms with Gasteiger partial charge in [-0.25, -0.2) is 9.59 Å². The molecule has 2 heterocycles. The largest absolute Gasteiger partial charge is 0.522 e. The van der Waals surface area contributed by atoms with E-state index in [1.807, 2.05) is 0 Å². The fourth-order valence-electron chi connectivity index (χ4n) is 4.08. The summed E-state index contributed by atoms with van der Waals surface area (Å²) in [5.74, 6) is -1.71. The Labute approximate surface area is 180 Å². The molecule has 5 rings (SSSR count). The molecule has 3 aromatic carbocycles. The number of ether oxygens (including phenoxy) is 2. The van der Waals surface area contributed by atoms with Gasteiger partial charge in [0.05, 0.1) is 11.1 Å². The van der Waals surface area contributed by atoms with E-state index >= 15 is 0 Å². The Morgan fingerprint density at radius 1 is 0.938 bits per heavy atom. The Morgan fingerprint density at radius 2 is 1.66 bits per heavy atom. The van der Waals surface area contributed by atoms with Crippen LogP contribution in [0, 0.1) is 0 Å². The van der Waals surface area contributed by atoms with Gasteiger partial charge in [0.1, 0.15) is 27.9 Å². The summed E-state index contributed by atoms with van der Waals surface area (Å²) in [4.78, 5) is 23.1. The summed E-state index contributed by atoms with van der Waals surface area (Å²) in [5, 5.41) is 29.0. The smallest absolute Gasteiger partial charge is 0.508 e. The summed E-state index contributed by atoms with van der Waals surface area (Å²) in [6.07, 6.45) is -2.10. The minimum Gasteiger partial charge on any atom is -0.508 e. The van der Waals surface area contributed by atoms with Gasteiger partial charge in [0, 0.05) is 29.3 Å². The summed E-state index contributed by atoms with van der Waals surface area (Å²) in [5.41, 5.74) is -1.55. The average Bonchev–Trinajstić information content (AvgIpc) is 2.99. The molecule has 0 bridgehead atoms. The average molecular weight is 456 g/mol. The van der Waals surface area contributed by atoms with Gasteiger partial charge in [0.25, 0.3) is 0 Å². The van der Waals surface area contributed by atoms with Crippen molar-refractivity contribution in [2.24, 2.45) is 0 Å². The third kappa shape index (κ3) is 2.61. The predicted octanol–water partition coefficient (Wildman–Crippen LogP) is 3.05. The highest BCUT2D eigenvalue weighted by Crippen LogP contribution is 2.58. The number of esters is 1. The number of carbonyl (C=O) groups is 2. The third-order valence-corrected chi connectivity index (χ3v) is 6.41. The van der Waals surface area contributed by atoms with Crippen LogP contribution in [0.1, 0.15) is 27.0 Å². The van der Waals surface area contributed by atoms with Crippen molar-refractivity contribution < 1.29 is 47.0 Å². The second kappa shape index (κ2) is 6.37. The van der Waals surface area contributed by atoms with E-state index in [1.165, 1.54) is 24.3 Å². The number of carboxylic acid groups (broad SMARTS) is 1. The van der Waals surface area contributed by atoms with Crippen molar-refractivity contribution in [2.45, 2.75) is 10.5 Å². The van der Waals surface area contributed by atoms with E-state index < -0.39 is 38.5 Å². The zero-order valence-electron chi connectivity index (χ0n) is 15.8. The lowest BCUT2D eigenvalue weighted by molar-refractivity contribution is 0.0213. The first-order valence-electron chi connectivity index (χ1n) is 9.02. The first-order valence-corrected chi connectivity index (χ1v) is 10.4. The Balaban J connectivity index is 1.94. The van der Waals surface area contributed by atoms with Gasteiger partial charge in [0.15, 0.2) is 5.60 Å². The lowest BCUT2D eigenvalue weighted by atomic mass is 9.77. The number of fused-ring (bicyclic) bond motifs is 6. The molecule has 0 saturated heterocycles. The Hall–Kier alpha value is -4.25. The quantitative estimate of drug-likeness (QED) is 0.387. The van der Waals surface area contributed by atoms with Crippen LogP contribution in [0.5, 0.6) is 23.0 Å². The maximum Gasteiger partial charge on any atom is 0.522 e. The van der Waals surface area contributed by atoms with Crippen molar-refractivity contribution in [3.8, 4) is 23.0 Å². The molecule has 0 aromatic heterocycles. The van der Waals surface area contributed by atoms with Gasteiger partial charge >= 0.3 is 22.2 Å². The number of benzene rings is 3. The molecule has 3 N–H and O–H groups in total. The molecule has 1 unspecified atom stereocenters. The number of carbonyl (C=O) groups excluding carboxylic acids is 1. The van der Waals surface area contributed by atoms with Crippen LogP contribution in [0.15, 0.2) is 59.5 Å². The van der Waals surface area contributed by atoms with Crippen molar-refractivity contribution >= 4 is 22.2 Å². The molecule has 11 heteroatoms. The van der Waals surface area contributed by atoms with Gasteiger partial charge in [-0.15, -0.1) is 0 Å². The van der Waals surface area contributed by atoms with Gasteiger partial charge in [-0.3, -0.25) is 0 Å². The lowest BCUT2D eigenvalue weighted by Crippen LogP contribution is -2.35. The maximum absolute atomic E-state index is 12.8. The van der Waals surface area contributed by atoms with E-state index in [2.05, 4.69) is 4.18 Å². The summed E-state index contributed by atoms with van der Waals surface area (Å²) < 4.78 is 41.3. The highest BCUT2D eigenvalue weighted by molar-refractivity contribution is 7.87. The topological polar surface area (TPSA) is 157 Å². The van der Waals surface area contributed by atoms with Crippen molar-refractivity contribution in [1.82, 2.24) is 0 Å². The van der Waals surface area contributed by atoms with Gasteiger partial charge < -0.3 is 29.0 Å². The number of hydrogen-bond acceptors (Lipinski definition) is 9. The normalized spacial score (nSPS) is 18.2. The van der Waals surface area contributed by atoms with Crippen molar-refractivity contribution in [2.75, 3.05) is 0 Å². The second-order valence-electron chi connectivity index (χ2n) is 7.02. The molecule has 0 saturated carbocycles. The first kappa shape index (κ1) is 19.7. The Bertz CT molecular complexity index is 1440. The lowest BCUT2D eigenvalue weighted by Gasteiger charge is -2.37. The standard InChI is InChI=1S/C21H12O10S/c22-10-5-6-14-15(7-10)29-16-8-11(23)9-17(32(27,28)31-20(25)26)18(16)21(14)13-4-2-1-3-12(13)19(24)30-21/h1-9,22-23H,(H,25,26). The minimum atomic E-state index is -5.00. The van der Waals surface area contributed by atoms with Crippen LogP contribution in [-0.2, 0) is 24.6 Å². The molecule has 0 radical (unpaired) electrons. The molecule has 2 aliphatic rings. The van der Waals surface area contributed by atoms with E-state index in [0.29, 0.717) is 0 Å². The van der Waals surface area contributed by atoms with E-state index in [-0.39, 0.29) is 39.5 Å². The summed E-state index contributed by atoms with van der Waals surface area (Å²) in [6.45, 7) is 0. The molecular formula is C21H12O10S. The fourth-order valence-corrected chi connectivity index (χ4v) is 5.12. The minimum absolute atomic E-state index is 0.0371. The fraction of sp³-hybridized carbons (Fsp3) is 0.0476. The SMILES string of the molecule is O=C(O)OS(=O)(=O)c1cc(O)cc2c1C1(OC(=O)c3ccccc31)c1ccc(O)cc1O2. The highest BCUT2D eigenvalue weighted by atomic mass is 32.2. The van der Waals surface area contributed by atoms with Gasteiger partial charge in [-0.05, 0) is 18.2 Å². The third-order valence-electron chi connectivity index (χ3n) is 5.19. The van der Waals surface area contributed by atoms with E-state index in [9.17, 15) is 28.2 Å². The molecule has 10 nitrogen and oxygen atoms in total. The zero-order valence-corrected chi connectivity index (χ0v) is 16.6. The molecule has 2 aliphatic heterocycles. The predicted molar refractivity (Wildman–Crippen MR) is 104 cm³/mol. The van der Waals surface area contributed by atoms with Crippen LogP contribution in [-0.4, -0.2) is 35.9 Å². The maximum atomic E-state index is 12.8. The molecule has 1 spiro atoms. The molecule has 1 atom stereocenters. The first-order chi connectivity index (χ1) is 15.1. The molecule has 32 heavy (non-hydrogen) atoms. The summed E-state index contributed by atoms with van der Waals surface area (Å²) >= 11 is 0. The number of hydrogen-bond donors (Lipinski definition) is 3. The highest BCUT2D eigenvalue weighted by Gasteiger charge is 2.56. The van der Waals surface area contributed by atoms with Crippen molar-refractivity contribution in [3.05, 3.63) is 76.9 Å². The molecule has 0 amide bonds. The van der Waals surface area contributed by atoms with E-state index in [4.69, 9.17) is 14.6 Å². The van der Waals surface area contributed by atoms with Gasteiger partial charge in [-0.1, -0.05) is 18.2 Å². The zero-order chi connectivity index (χ0) is 22.8. The number of rotatable bonds is 2. The Morgan fingerprint density at radius 3 is 2.41 bits per heavy atom. The monoisotopic (exact) mass is 456 g/mol. The van der Waals surface area contributed by atoms with Crippen LogP contribution in [0.2, 0.25) is 0 Å². The molecular weight excluding hydrogens is 444 g/mol. The number of phenols is 2. The summed E-state index contributed by atoms with van der Waals surface area (Å²) in [7, 11) is -5.00.